The predicted molar refractivity (Wildman–Crippen MR) is 151 cm³/mol. The normalized spacial score (nSPS) is 11.8. The van der Waals surface area contributed by atoms with Gasteiger partial charge in [0.15, 0.2) is 17.2 Å². The number of benzene rings is 2. The van der Waals surface area contributed by atoms with Crippen LogP contribution in [0.25, 0.3) is 28.0 Å². The average molecular weight is 549 g/mol. The molecule has 0 fully saturated rings. The lowest BCUT2D eigenvalue weighted by molar-refractivity contribution is 0.0523. The van der Waals surface area contributed by atoms with Crippen LogP contribution in [0.1, 0.15) is 44.6 Å². The van der Waals surface area contributed by atoms with Gasteiger partial charge in [-0.15, -0.1) is 0 Å². The SMILES string of the molecule is C=C(OCC)c1nc(-c2cccc(CNC(=O)OC(C)(C)C)c2)c2ccn(S(=O)(=O)Cc3ccccc3)c2n1. The summed E-state index contributed by atoms with van der Waals surface area (Å²) in [7, 11) is -3.80. The zero-order chi connectivity index (χ0) is 28.2. The van der Waals surface area contributed by atoms with E-state index in [1.165, 1.54) is 10.2 Å². The van der Waals surface area contributed by atoms with Crippen LogP contribution < -0.4 is 5.32 Å². The van der Waals surface area contributed by atoms with E-state index >= 15 is 0 Å². The van der Waals surface area contributed by atoms with Crippen molar-refractivity contribution in [1.29, 1.82) is 0 Å². The molecule has 0 aliphatic carbocycles. The Morgan fingerprint density at radius 1 is 1.03 bits per heavy atom. The van der Waals surface area contributed by atoms with E-state index in [2.05, 4.69) is 16.9 Å². The van der Waals surface area contributed by atoms with Crippen LogP contribution in [0.2, 0.25) is 0 Å². The molecule has 0 spiro atoms. The Morgan fingerprint density at radius 3 is 2.44 bits per heavy atom. The molecule has 0 unspecified atom stereocenters. The Morgan fingerprint density at radius 2 is 1.74 bits per heavy atom. The van der Waals surface area contributed by atoms with Gasteiger partial charge in [0.25, 0.3) is 0 Å². The highest BCUT2D eigenvalue weighted by Crippen LogP contribution is 2.30. The first-order valence-corrected chi connectivity index (χ1v) is 14.1. The summed E-state index contributed by atoms with van der Waals surface area (Å²) in [5.41, 5.74) is 2.33. The molecule has 0 saturated heterocycles. The van der Waals surface area contributed by atoms with Gasteiger partial charge < -0.3 is 14.8 Å². The fraction of sp³-hybridized carbons (Fsp3) is 0.276. The number of carbonyl (C=O) groups excluding carboxylic acids is 1. The molecule has 204 valence electrons. The van der Waals surface area contributed by atoms with E-state index in [4.69, 9.17) is 14.5 Å². The molecule has 4 rings (SSSR count). The van der Waals surface area contributed by atoms with Crippen molar-refractivity contribution in [2.24, 2.45) is 0 Å². The van der Waals surface area contributed by atoms with E-state index in [9.17, 15) is 13.2 Å². The topological polar surface area (TPSA) is 112 Å². The van der Waals surface area contributed by atoms with Crippen LogP contribution in [0.5, 0.6) is 0 Å². The van der Waals surface area contributed by atoms with Crippen molar-refractivity contribution in [3.63, 3.8) is 0 Å². The number of nitrogens with zero attached hydrogens (tertiary/aromatic N) is 3. The Bertz CT molecular complexity index is 1610. The predicted octanol–water partition coefficient (Wildman–Crippen LogP) is 5.51. The number of nitrogens with one attached hydrogen (secondary N) is 1. The van der Waals surface area contributed by atoms with Gasteiger partial charge in [-0.3, -0.25) is 0 Å². The minimum atomic E-state index is -3.80. The highest BCUT2D eigenvalue weighted by molar-refractivity contribution is 7.89. The lowest BCUT2D eigenvalue weighted by Gasteiger charge is -2.19. The lowest BCUT2D eigenvalue weighted by Crippen LogP contribution is -2.32. The van der Waals surface area contributed by atoms with Crippen molar-refractivity contribution in [1.82, 2.24) is 19.3 Å². The van der Waals surface area contributed by atoms with E-state index in [0.717, 1.165) is 11.1 Å². The monoisotopic (exact) mass is 548 g/mol. The number of ether oxygens (including phenoxy) is 2. The maximum atomic E-state index is 13.4. The van der Waals surface area contributed by atoms with Gasteiger partial charge >= 0.3 is 6.09 Å². The Balaban J connectivity index is 1.75. The highest BCUT2D eigenvalue weighted by Gasteiger charge is 2.22. The third-order valence-electron chi connectivity index (χ3n) is 5.61. The summed E-state index contributed by atoms with van der Waals surface area (Å²) in [5.74, 6) is 0.230. The van der Waals surface area contributed by atoms with Crippen molar-refractivity contribution in [3.05, 3.63) is 90.4 Å². The molecule has 2 heterocycles. The third-order valence-corrected chi connectivity index (χ3v) is 7.20. The molecule has 0 bridgehead atoms. The number of fused-ring (bicyclic) bond motifs is 1. The number of amides is 1. The summed E-state index contributed by atoms with van der Waals surface area (Å²) in [4.78, 5) is 21.4. The third kappa shape index (κ3) is 6.83. The van der Waals surface area contributed by atoms with Crippen LogP contribution in [0, 0.1) is 0 Å². The van der Waals surface area contributed by atoms with Gasteiger partial charge in [-0.2, -0.15) is 0 Å². The van der Waals surface area contributed by atoms with E-state index in [1.807, 2.05) is 37.3 Å². The maximum absolute atomic E-state index is 13.4. The Hall–Kier alpha value is -4.18. The average Bonchev–Trinajstić information content (AvgIpc) is 3.32. The zero-order valence-electron chi connectivity index (χ0n) is 22.5. The summed E-state index contributed by atoms with van der Waals surface area (Å²) in [6, 6.07) is 18.1. The van der Waals surface area contributed by atoms with E-state index in [1.54, 1.807) is 51.1 Å². The minimum Gasteiger partial charge on any atom is -0.491 e. The van der Waals surface area contributed by atoms with Crippen LogP contribution in [0.3, 0.4) is 0 Å². The number of hydrogen-bond donors (Lipinski definition) is 1. The van der Waals surface area contributed by atoms with Gasteiger partial charge in [-0.25, -0.2) is 27.2 Å². The largest absolute Gasteiger partial charge is 0.491 e. The van der Waals surface area contributed by atoms with Crippen LogP contribution in [-0.2, 0) is 31.8 Å². The van der Waals surface area contributed by atoms with Gasteiger partial charge in [-0.1, -0.05) is 55.1 Å². The molecule has 9 nitrogen and oxygen atoms in total. The molecule has 2 aromatic heterocycles. The van der Waals surface area contributed by atoms with E-state index in [-0.39, 0.29) is 29.5 Å². The van der Waals surface area contributed by atoms with Crippen LogP contribution in [0.4, 0.5) is 4.79 Å². The van der Waals surface area contributed by atoms with Crippen molar-refractivity contribution >= 4 is 32.9 Å². The first-order valence-electron chi connectivity index (χ1n) is 12.5. The second kappa shape index (κ2) is 11.3. The summed E-state index contributed by atoms with van der Waals surface area (Å²) in [6.45, 7) is 11.7. The van der Waals surface area contributed by atoms with Gasteiger partial charge in [-0.05, 0) is 51.0 Å². The summed E-state index contributed by atoms with van der Waals surface area (Å²) >= 11 is 0. The second-order valence-corrected chi connectivity index (χ2v) is 11.7. The molecule has 4 aromatic rings. The highest BCUT2D eigenvalue weighted by atomic mass is 32.2. The standard InChI is InChI=1S/C29H32N4O5S/c1-6-37-20(2)26-31-25(23-14-10-13-22(17-23)18-30-28(34)38-29(3,4)5)24-15-16-33(27(24)32-26)39(35,36)19-21-11-8-7-9-12-21/h7-17H,2,6,18-19H2,1,3-5H3,(H,30,34). The molecule has 0 saturated carbocycles. The van der Waals surface area contributed by atoms with Crippen molar-refractivity contribution in [2.45, 2.75) is 45.6 Å². The second-order valence-electron chi connectivity index (χ2n) is 9.90. The molecule has 0 aliphatic heterocycles. The van der Waals surface area contributed by atoms with Crippen LogP contribution >= 0.6 is 0 Å². The van der Waals surface area contributed by atoms with Gasteiger partial charge in [0, 0.05) is 23.7 Å². The van der Waals surface area contributed by atoms with Crippen LogP contribution in [-0.4, -0.2) is 40.7 Å². The number of alkyl carbamates (subject to hydrolysis) is 1. The first kappa shape index (κ1) is 27.8. The smallest absolute Gasteiger partial charge is 0.407 e. The first-order chi connectivity index (χ1) is 18.5. The van der Waals surface area contributed by atoms with Gasteiger partial charge in [0.1, 0.15) is 5.60 Å². The van der Waals surface area contributed by atoms with Crippen molar-refractivity contribution in [2.75, 3.05) is 6.61 Å². The maximum Gasteiger partial charge on any atom is 0.407 e. The van der Waals surface area contributed by atoms with E-state index < -0.39 is 21.7 Å². The van der Waals surface area contributed by atoms with Crippen molar-refractivity contribution in [3.8, 4) is 11.3 Å². The Kier molecular flexibility index (Phi) is 8.06. The Labute approximate surface area is 228 Å². The molecule has 1 amide bonds. The molecule has 39 heavy (non-hydrogen) atoms. The lowest BCUT2D eigenvalue weighted by atomic mass is 10.1. The number of carbonyl (C=O) groups is 1. The summed E-state index contributed by atoms with van der Waals surface area (Å²) in [6.07, 6.45) is 0.968. The molecular formula is C29H32N4O5S. The van der Waals surface area contributed by atoms with Crippen LogP contribution in [0.15, 0.2) is 73.4 Å². The van der Waals surface area contributed by atoms with Gasteiger partial charge in [0.2, 0.25) is 10.0 Å². The number of rotatable bonds is 9. The molecule has 2 aromatic carbocycles. The zero-order valence-corrected chi connectivity index (χ0v) is 23.3. The molecule has 10 heteroatoms. The molecule has 0 radical (unpaired) electrons. The quantitative estimate of drug-likeness (QED) is 0.275. The molecule has 1 N–H and O–H groups in total. The van der Waals surface area contributed by atoms with Crippen molar-refractivity contribution < 1.29 is 22.7 Å². The molecular weight excluding hydrogens is 516 g/mol. The minimum absolute atomic E-state index is 0.187. The summed E-state index contributed by atoms with van der Waals surface area (Å²) in [5, 5.41) is 3.31. The molecule has 0 aliphatic rings. The fourth-order valence-corrected chi connectivity index (χ4v) is 5.37. The molecule has 0 atom stereocenters. The summed E-state index contributed by atoms with van der Waals surface area (Å²) < 4.78 is 38.9. The van der Waals surface area contributed by atoms with E-state index in [0.29, 0.717) is 23.3 Å². The van der Waals surface area contributed by atoms with Gasteiger partial charge in [0.05, 0.1) is 18.1 Å². The number of aromatic nitrogens is 3. The number of hydrogen-bond acceptors (Lipinski definition) is 7. The fourth-order valence-electron chi connectivity index (χ4n) is 3.97.